The van der Waals surface area contributed by atoms with Gasteiger partial charge in [-0.25, -0.2) is 0 Å². The molecule has 0 aliphatic carbocycles. The first-order valence-electron chi connectivity index (χ1n) is 5.78. The molecule has 2 aromatic rings. The summed E-state index contributed by atoms with van der Waals surface area (Å²) < 4.78 is 10.3. The van der Waals surface area contributed by atoms with Crippen LogP contribution in [0.15, 0.2) is 36.4 Å². The van der Waals surface area contributed by atoms with E-state index in [2.05, 4.69) is 0 Å². The molecule has 20 heavy (non-hydrogen) atoms. The van der Waals surface area contributed by atoms with Crippen LogP contribution in [0.3, 0.4) is 0 Å². The number of hydrogen-bond donors (Lipinski definition) is 0. The lowest BCUT2D eigenvalue weighted by Gasteiger charge is -2.09. The Morgan fingerprint density at radius 1 is 0.950 bits per heavy atom. The van der Waals surface area contributed by atoms with Crippen molar-refractivity contribution in [3.05, 3.63) is 57.6 Å². The molecular formula is C15H12Cl2O3. The van der Waals surface area contributed by atoms with Gasteiger partial charge < -0.3 is 9.47 Å². The first-order valence-corrected chi connectivity index (χ1v) is 6.54. The Bertz CT molecular complexity index is 654. The van der Waals surface area contributed by atoms with Gasteiger partial charge in [0.2, 0.25) is 0 Å². The SMILES string of the molecule is COc1cc(C(=O)c2ccc(Cl)cc2OC)ccc1Cl. The van der Waals surface area contributed by atoms with E-state index in [1.165, 1.54) is 14.2 Å². The molecule has 0 aliphatic heterocycles. The second kappa shape index (κ2) is 6.16. The van der Waals surface area contributed by atoms with Gasteiger partial charge in [-0.15, -0.1) is 0 Å². The minimum atomic E-state index is -0.187. The molecule has 0 saturated carbocycles. The maximum Gasteiger partial charge on any atom is 0.196 e. The monoisotopic (exact) mass is 310 g/mol. The zero-order chi connectivity index (χ0) is 14.7. The molecule has 0 bridgehead atoms. The number of halogens is 2. The first kappa shape index (κ1) is 14.7. The summed E-state index contributed by atoms with van der Waals surface area (Å²) in [6, 6.07) is 9.73. The van der Waals surface area contributed by atoms with Gasteiger partial charge in [0.1, 0.15) is 11.5 Å². The van der Waals surface area contributed by atoms with Gasteiger partial charge in [-0.3, -0.25) is 4.79 Å². The highest BCUT2D eigenvalue weighted by Crippen LogP contribution is 2.29. The maximum atomic E-state index is 12.5. The van der Waals surface area contributed by atoms with Crippen LogP contribution in [0.4, 0.5) is 0 Å². The predicted molar refractivity (Wildman–Crippen MR) is 79.4 cm³/mol. The molecule has 2 rings (SSSR count). The van der Waals surface area contributed by atoms with Crippen molar-refractivity contribution in [2.24, 2.45) is 0 Å². The summed E-state index contributed by atoms with van der Waals surface area (Å²) >= 11 is 11.8. The fourth-order valence-electron chi connectivity index (χ4n) is 1.81. The molecule has 0 radical (unpaired) electrons. The second-order valence-electron chi connectivity index (χ2n) is 4.02. The van der Waals surface area contributed by atoms with Crippen molar-refractivity contribution in [2.45, 2.75) is 0 Å². The molecule has 104 valence electrons. The summed E-state index contributed by atoms with van der Waals surface area (Å²) in [6.07, 6.45) is 0. The van der Waals surface area contributed by atoms with Crippen molar-refractivity contribution in [3.63, 3.8) is 0 Å². The van der Waals surface area contributed by atoms with E-state index in [0.29, 0.717) is 32.7 Å². The van der Waals surface area contributed by atoms with Crippen LogP contribution in [0, 0.1) is 0 Å². The molecule has 0 aliphatic rings. The van der Waals surface area contributed by atoms with Gasteiger partial charge in [-0.2, -0.15) is 0 Å². The van der Waals surface area contributed by atoms with E-state index in [9.17, 15) is 4.79 Å². The molecule has 0 fully saturated rings. The molecule has 3 nitrogen and oxygen atoms in total. The maximum absolute atomic E-state index is 12.5. The predicted octanol–water partition coefficient (Wildman–Crippen LogP) is 4.24. The summed E-state index contributed by atoms with van der Waals surface area (Å²) in [5.74, 6) is 0.690. The van der Waals surface area contributed by atoms with E-state index in [1.807, 2.05) is 0 Å². The van der Waals surface area contributed by atoms with Crippen LogP contribution in [0.5, 0.6) is 11.5 Å². The van der Waals surface area contributed by atoms with Crippen LogP contribution in [-0.4, -0.2) is 20.0 Å². The highest BCUT2D eigenvalue weighted by molar-refractivity contribution is 6.32. The summed E-state index contributed by atoms with van der Waals surface area (Å²) in [4.78, 5) is 12.5. The Morgan fingerprint density at radius 3 is 2.30 bits per heavy atom. The van der Waals surface area contributed by atoms with Crippen LogP contribution in [0.2, 0.25) is 10.0 Å². The topological polar surface area (TPSA) is 35.5 Å². The van der Waals surface area contributed by atoms with Gasteiger partial charge >= 0.3 is 0 Å². The van der Waals surface area contributed by atoms with Crippen molar-refractivity contribution in [2.75, 3.05) is 14.2 Å². The van der Waals surface area contributed by atoms with Gasteiger partial charge in [0, 0.05) is 10.6 Å². The quantitative estimate of drug-likeness (QED) is 0.792. The number of methoxy groups -OCH3 is 2. The van der Waals surface area contributed by atoms with Gasteiger partial charge in [-0.1, -0.05) is 23.2 Å². The van der Waals surface area contributed by atoms with Crippen molar-refractivity contribution < 1.29 is 14.3 Å². The van der Waals surface area contributed by atoms with Crippen LogP contribution >= 0.6 is 23.2 Å². The number of carbonyl (C=O) groups is 1. The van der Waals surface area contributed by atoms with Crippen molar-refractivity contribution in [1.82, 2.24) is 0 Å². The Kier molecular flexibility index (Phi) is 4.53. The third-order valence-corrected chi connectivity index (χ3v) is 3.37. The van der Waals surface area contributed by atoms with Crippen LogP contribution < -0.4 is 9.47 Å². The number of hydrogen-bond acceptors (Lipinski definition) is 3. The van der Waals surface area contributed by atoms with E-state index in [1.54, 1.807) is 36.4 Å². The van der Waals surface area contributed by atoms with Crippen molar-refractivity contribution >= 4 is 29.0 Å². The Labute approximate surface area is 127 Å². The molecule has 0 saturated heterocycles. The fourth-order valence-corrected chi connectivity index (χ4v) is 2.17. The lowest BCUT2D eigenvalue weighted by Crippen LogP contribution is -2.04. The van der Waals surface area contributed by atoms with Gasteiger partial charge in [0.15, 0.2) is 5.78 Å². The molecular weight excluding hydrogens is 299 g/mol. The Balaban J connectivity index is 2.46. The molecule has 0 N–H and O–H groups in total. The highest BCUT2D eigenvalue weighted by Gasteiger charge is 2.16. The lowest BCUT2D eigenvalue weighted by molar-refractivity contribution is 0.103. The summed E-state index contributed by atoms with van der Waals surface area (Å²) in [6.45, 7) is 0. The first-order chi connectivity index (χ1) is 9.56. The zero-order valence-electron chi connectivity index (χ0n) is 10.9. The number of ketones is 1. The smallest absolute Gasteiger partial charge is 0.196 e. The summed E-state index contributed by atoms with van der Waals surface area (Å²) in [5, 5.41) is 0.958. The van der Waals surface area contributed by atoms with E-state index in [4.69, 9.17) is 32.7 Å². The van der Waals surface area contributed by atoms with Crippen LogP contribution in [-0.2, 0) is 0 Å². The van der Waals surface area contributed by atoms with E-state index in [0.717, 1.165) is 0 Å². The number of rotatable bonds is 4. The molecule has 0 aromatic heterocycles. The standard InChI is InChI=1S/C15H12Cl2O3/c1-19-13-8-10(16)4-5-11(13)15(18)9-3-6-12(17)14(7-9)20-2/h3-8H,1-2H3. The minimum Gasteiger partial charge on any atom is -0.496 e. The van der Waals surface area contributed by atoms with Crippen LogP contribution in [0.25, 0.3) is 0 Å². The third kappa shape index (κ3) is 2.89. The molecule has 0 unspecified atom stereocenters. The minimum absolute atomic E-state index is 0.187. The van der Waals surface area contributed by atoms with Crippen LogP contribution in [0.1, 0.15) is 15.9 Å². The highest BCUT2D eigenvalue weighted by atomic mass is 35.5. The van der Waals surface area contributed by atoms with Crippen molar-refractivity contribution in [1.29, 1.82) is 0 Å². The largest absolute Gasteiger partial charge is 0.496 e. The van der Waals surface area contributed by atoms with E-state index >= 15 is 0 Å². The summed E-state index contributed by atoms with van der Waals surface area (Å²) in [5.41, 5.74) is 0.896. The summed E-state index contributed by atoms with van der Waals surface area (Å²) in [7, 11) is 2.99. The molecule has 2 aromatic carbocycles. The van der Waals surface area contributed by atoms with Gasteiger partial charge in [-0.05, 0) is 36.4 Å². The fraction of sp³-hybridized carbons (Fsp3) is 0.133. The molecule has 0 spiro atoms. The van der Waals surface area contributed by atoms with Gasteiger partial charge in [0.25, 0.3) is 0 Å². The zero-order valence-corrected chi connectivity index (χ0v) is 12.5. The Hall–Kier alpha value is -1.71. The molecule has 0 atom stereocenters. The van der Waals surface area contributed by atoms with E-state index in [-0.39, 0.29) is 5.78 Å². The number of benzene rings is 2. The molecule has 0 amide bonds. The van der Waals surface area contributed by atoms with E-state index < -0.39 is 0 Å². The molecule has 0 heterocycles. The van der Waals surface area contributed by atoms with Crippen molar-refractivity contribution in [3.8, 4) is 11.5 Å². The third-order valence-electron chi connectivity index (χ3n) is 2.82. The Morgan fingerprint density at radius 2 is 1.65 bits per heavy atom. The second-order valence-corrected chi connectivity index (χ2v) is 4.87. The lowest BCUT2D eigenvalue weighted by atomic mass is 10.0. The number of carbonyl (C=O) groups excluding carboxylic acids is 1. The van der Waals surface area contributed by atoms with Gasteiger partial charge in [0.05, 0.1) is 24.8 Å². The normalized spacial score (nSPS) is 10.2. The molecule has 5 heteroatoms. The average Bonchev–Trinajstić information content (AvgIpc) is 2.46. The number of ether oxygens (including phenoxy) is 2. The average molecular weight is 311 g/mol.